The molecule has 14 heteroatoms. The number of aromatic nitrogens is 7. The van der Waals surface area contributed by atoms with Gasteiger partial charge in [-0.2, -0.15) is 10.4 Å². The Bertz CT molecular complexity index is 1710. The van der Waals surface area contributed by atoms with Crippen LogP contribution in [0.5, 0.6) is 11.6 Å². The fourth-order valence-corrected chi connectivity index (χ4v) is 7.45. The number of ether oxygens (including phenoxy) is 4. The van der Waals surface area contributed by atoms with E-state index < -0.39 is 0 Å². The molecular weight excluding hydrogens is 636 g/mol. The van der Waals surface area contributed by atoms with Gasteiger partial charge in [0, 0.05) is 36.1 Å². The van der Waals surface area contributed by atoms with Gasteiger partial charge in [0.05, 0.1) is 50.3 Å². The monoisotopic (exact) mass is 682 g/mol. The minimum absolute atomic E-state index is 0.124. The van der Waals surface area contributed by atoms with Gasteiger partial charge in [-0.05, 0) is 77.0 Å². The molecule has 1 N–H and O–H groups in total. The fraction of sp³-hybridized carbons (Fsp3) is 0.556. The van der Waals surface area contributed by atoms with Crippen LogP contribution in [0.15, 0.2) is 49.4 Å². The molecule has 50 heavy (non-hydrogen) atoms. The lowest BCUT2D eigenvalue weighted by Crippen LogP contribution is -2.52. The SMILES string of the molecule is CC(C)OCCOc1nn(C2CCC(N3[C@@H]4CC[C@H]3COC4)CC2)cc1Nc1ncc(-c2ccc(C#N)c(O[C@@H](C)Cn3cncn3)c2)cn1. The average Bonchev–Trinajstić information content (AvgIpc) is 3.84. The number of hydrogen-bond acceptors (Lipinski definition) is 12. The Kier molecular flexibility index (Phi) is 10.5. The highest BCUT2D eigenvalue weighted by atomic mass is 16.5. The summed E-state index contributed by atoms with van der Waals surface area (Å²) in [6.07, 6.45) is 15.5. The minimum atomic E-state index is -0.231. The van der Waals surface area contributed by atoms with Crippen LogP contribution in [0.2, 0.25) is 0 Å². The molecule has 3 atom stereocenters. The number of morpholine rings is 1. The zero-order valence-corrected chi connectivity index (χ0v) is 29.0. The van der Waals surface area contributed by atoms with E-state index in [1.165, 1.54) is 19.2 Å². The first-order chi connectivity index (χ1) is 24.4. The van der Waals surface area contributed by atoms with Gasteiger partial charge in [0.2, 0.25) is 5.95 Å². The quantitative estimate of drug-likeness (QED) is 0.175. The van der Waals surface area contributed by atoms with E-state index in [-0.39, 0.29) is 12.2 Å². The molecule has 14 nitrogen and oxygen atoms in total. The van der Waals surface area contributed by atoms with Crippen molar-refractivity contribution in [3.63, 3.8) is 0 Å². The van der Waals surface area contributed by atoms with Crippen LogP contribution in [-0.2, 0) is 16.0 Å². The van der Waals surface area contributed by atoms with Gasteiger partial charge < -0.3 is 24.3 Å². The van der Waals surface area contributed by atoms with Crippen LogP contribution in [0.3, 0.4) is 0 Å². The minimum Gasteiger partial charge on any atom is -0.487 e. The second kappa shape index (κ2) is 15.5. The highest BCUT2D eigenvalue weighted by Gasteiger charge is 2.42. The molecule has 264 valence electrons. The molecule has 3 aromatic heterocycles. The molecule has 2 aliphatic heterocycles. The Balaban J connectivity index is 1.03. The van der Waals surface area contributed by atoms with Crippen molar-refractivity contribution in [3.05, 3.63) is 55.0 Å². The first kappa shape index (κ1) is 33.9. The lowest BCUT2D eigenvalue weighted by Gasteiger charge is -2.43. The summed E-state index contributed by atoms with van der Waals surface area (Å²) in [6, 6.07) is 9.77. The molecule has 7 rings (SSSR count). The number of rotatable bonds is 14. The third-order valence-electron chi connectivity index (χ3n) is 9.80. The molecule has 5 heterocycles. The van der Waals surface area contributed by atoms with Crippen molar-refractivity contribution in [2.75, 3.05) is 31.7 Å². The third kappa shape index (κ3) is 7.90. The van der Waals surface area contributed by atoms with E-state index in [0.29, 0.717) is 72.8 Å². The molecule has 2 saturated heterocycles. The molecule has 3 aliphatic rings. The molecule has 3 fully saturated rings. The maximum absolute atomic E-state index is 9.69. The van der Waals surface area contributed by atoms with Crippen LogP contribution in [0, 0.1) is 11.3 Å². The van der Waals surface area contributed by atoms with Gasteiger partial charge in [-0.25, -0.2) is 19.6 Å². The maximum atomic E-state index is 9.69. The topological polar surface area (TPSA) is 150 Å². The van der Waals surface area contributed by atoms with E-state index in [1.54, 1.807) is 29.5 Å². The van der Waals surface area contributed by atoms with Crippen LogP contribution in [0.4, 0.5) is 11.6 Å². The van der Waals surface area contributed by atoms with Crippen molar-refractivity contribution in [3.8, 4) is 28.8 Å². The van der Waals surface area contributed by atoms with Crippen LogP contribution < -0.4 is 14.8 Å². The number of fused-ring (bicyclic) bond motifs is 2. The predicted octanol–water partition coefficient (Wildman–Crippen LogP) is 5.17. The van der Waals surface area contributed by atoms with Gasteiger partial charge in [-0.1, -0.05) is 6.07 Å². The second-order valence-corrected chi connectivity index (χ2v) is 13.7. The van der Waals surface area contributed by atoms with E-state index in [0.717, 1.165) is 50.0 Å². The Hall–Kier alpha value is -4.58. The number of nitrogens with zero attached hydrogens (tertiary/aromatic N) is 9. The van der Waals surface area contributed by atoms with E-state index in [9.17, 15) is 5.26 Å². The number of hydrogen-bond donors (Lipinski definition) is 1. The van der Waals surface area contributed by atoms with Crippen molar-refractivity contribution in [2.45, 2.75) is 102 Å². The number of anilines is 2. The van der Waals surface area contributed by atoms with Crippen molar-refractivity contribution in [1.29, 1.82) is 5.26 Å². The van der Waals surface area contributed by atoms with Crippen LogP contribution in [-0.4, -0.2) is 96.2 Å². The van der Waals surface area contributed by atoms with Gasteiger partial charge in [-0.15, -0.1) is 5.10 Å². The normalized spacial score (nSPS) is 22.7. The molecule has 0 amide bonds. The molecule has 1 saturated carbocycles. The smallest absolute Gasteiger partial charge is 0.257 e. The average molecular weight is 683 g/mol. The molecule has 1 aromatic carbocycles. The van der Waals surface area contributed by atoms with Crippen molar-refractivity contribution < 1.29 is 18.9 Å². The lowest BCUT2D eigenvalue weighted by atomic mass is 9.89. The predicted molar refractivity (Wildman–Crippen MR) is 185 cm³/mol. The summed E-state index contributed by atoms with van der Waals surface area (Å²) in [5, 5.41) is 22.1. The first-order valence-corrected chi connectivity index (χ1v) is 17.7. The zero-order valence-electron chi connectivity index (χ0n) is 29.0. The van der Waals surface area contributed by atoms with Crippen molar-refractivity contribution >= 4 is 11.6 Å². The highest BCUT2D eigenvalue weighted by molar-refractivity contribution is 5.67. The summed E-state index contributed by atoms with van der Waals surface area (Å²) in [6.45, 7) is 9.06. The molecular formula is C36H46N10O4. The largest absolute Gasteiger partial charge is 0.487 e. The van der Waals surface area contributed by atoms with Gasteiger partial charge in [0.15, 0.2) is 0 Å². The van der Waals surface area contributed by atoms with E-state index in [4.69, 9.17) is 24.0 Å². The summed E-state index contributed by atoms with van der Waals surface area (Å²) in [4.78, 5) is 16.0. The molecule has 0 radical (unpaired) electrons. The molecule has 1 aliphatic carbocycles. The number of nitrogens with one attached hydrogen (secondary N) is 1. The number of benzene rings is 1. The Labute approximate surface area is 292 Å². The highest BCUT2D eigenvalue weighted by Crippen LogP contribution is 2.39. The summed E-state index contributed by atoms with van der Waals surface area (Å²) in [5.41, 5.74) is 2.79. The zero-order chi connectivity index (χ0) is 34.5. The van der Waals surface area contributed by atoms with E-state index in [2.05, 4.69) is 41.0 Å². The Morgan fingerprint density at radius 2 is 1.70 bits per heavy atom. The van der Waals surface area contributed by atoms with Gasteiger partial charge in [0.1, 0.15) is 42.9 Å². The Morgan fingerprint density at radius 1 is 0.960 bits per heavy atom. The summed E-state index contributed by atoms with van der Waals surface area (Å²) in [5.74, 6) is 1.42. The van der Waals surface area contributed by atoms with Crippen molar-refractivity contribution in [1.82, 2.24) is 39.4 Å². The second-order valence-electron chi connectivity index (χ2n) is 13.7. The molecule has 4 aromatic rings. The third-order valence-corrected chi connectivity index (χ3v) is 9.80. The van der Waals surface area contributed by atoms with E-state index >= 15 is 0 Å². The molecule has 0 spiro atoms. The number of nitriles is 1. The van der Waals surface area contributed by atoms with Gasteiger partial charge in [-0.3, -0.25) is 9.58 Å². The van der Waals surface area contributed by atoms with Gasteiger partial charge >= 0.3 is 0 Å². The first-order valence-electron chi connectivity index (χ1n) is 17.7. The molecule has 0 unspecified atom stereocenters. The van der Waals surface area contributed by atoms with Gasteiger partial charge in [0.25, 0.3) is 5.88 Å². The van der Waals surface area contributed by atoms with Crippen LogP contribution in [0.25, 0.3) is 11.1 Å². The van der Waals surface area contributed by atoms with Crippen LogP contribution >= 0.6 is 0 Å². The molecule has 2 bridgehead atoms. The standard InChI is InChI=1S/C36H46N10O4/c1-24(2)48-12-13-49-35-33(19-45(43-35)29-6-8-30(9-7-29)46-31-10-11-32(46)21-47-20-31)42-36-39-16-28(17-40-36)26-4-5-27(15-37)34(14-26)50-25(3)18-44-23-38-22-41-44/h4-5,14,16-17,19,22-25,29-32H,6-13,18,20-21H2,1-3H3,(H,39,40,42)/t25-,29?,30?,31-,32+/m0/s1. The van der Waals surface area contributed by atoms with Crippen LogP contribution in [0.1, 0.15) is 70.9 Å². The lowest BCUT2D eigenvalue weighted by molar-refractivity contribution is -0.0458. The summed E-state index contributed by atoms with van der Waals surface area (Å²) < 4.78 is 27.6. The summed E-state index contributed by atoms with van der Waals surface area (Å²) in [7, 11) is 0. The maximum Gasteiger partial charge on any atom is 0.257 e. The van der Waals surface area contributed by atoms with E-state index in [1.807, 2.05) is 39.1 Å². The Morgan fingerprint density at radius 3 is 2.40 bits per heavy atom. The summed E-state index contributed by atoms with van der Waals surface area (Å²) >= 11 is 0. The fourth-order valence-electron chi connectivity index (χ4n) is 7.45. The van der Waals surface area contributed by atoms with Crippen molar-refractivity contribution in [2.24, 2.45) is 0 Å².